The van der Waals surface area contributed by atoms with Gasteiger partial charge in [-0.25, -0.2) is 0 Å². The molecule has 0 aromatic heterocycles. The zero-order valence-electron chi connectivity index (χ0n) is 25.0. The van der Waals surface area contributed by atoms with Crippen molar-refractivity contribution < 1.29 is 59.0 Å². The molecular weight excluding hydrogens is 526 g/mol. The quantitative estimate of drug-likeness (QED) is 0.0621. The summed E-state index contributed by atoms with van der Waals surface area (Å²) in [5.74, 6) is -2.17. The Morgan fingerprint density at radius 3 is 1.45 bits per heavy atom. The number of esters is 2. The number of aliphatic hydroxyl groups is 5. The topological polar surface area (TPSA) is 194 Å². The number of quaternary nitrogens is 1. The number of hydrogen-bond donors (Lipinski definition) is 5. The van der Waals surface area contributed by atoms with E-state index in [2.05, 4.69) is 27.9 Å². The summed E-state index contributed by atoms with van der Waals surface area (Å²) < 4.78 is 11.3. The van der Waals surface area contributed by atoms with Gasteiger partial charge in [-0.1, -0.05) is 65.2 Å². The molecule has 0 saturated heterocycles. The number of likely N-dealkylation sites (N-methyl/N-ethyl adjacent to an activating group) is 1. The van der Waals surface area contributed by atoms with Gasteiger partial charge in [0.05, 0.1) is 26.7 Å². The lowest BCUT2D eigenvalue weighted by Gasteiger charge is -2.29. The Balaban J connectivity index is 0. The van der Waals surface area contributed by atoms with E-state index in [-0.39, 0.29) is 11.9 Å². The van der Waals surface area contributed by atoms with Crippen molar-refractivity contribution in [1.29, 1.82) is 0 Å². The predicted molar refractivity (Wildman–Crippen MR) is 147 cm³/mol. The van der Waals surface area contributed by atoms with Crippen molar-refractivity contribution in [1.82, 2.24) is 0 Å². The van der Waals surface area contributed by atoms with Gasteiger partial charge in [-0.15, -0.1) is 0 Å². The van der Waals surface area contributed by atoms with E-state index in [1.165, 1.54) is 38.5 Å². The number of rotatable bonds is 23. The van der Waals surface area contributed by atoms with Gasteiger partial charge in [0.2, 0.25) is 0 Å². The Morgan fingerprint density at radius 2 is 1.10 bits per heavy atom. The highest BCUT2D eigenvalue weighted by atomic mass is 16.5. The number of carboxylic acids is 1. The van der Waals surface area contributed by atoms with Crippen molar-refractivity contribution in [3.8, 4) is 0 Å². The van der Waals surface area contributed by atoms with Crippen molar-refractivity contribution in [2.24, 2.45) is 0 Å². The minimum atomic E-state index is -2.31. The highest BCUT2D eigenvalue weighted by Gasteiger charge is 2.30. The molecule has 0 unspecified atom stereocenters. The van der Waals surface area contributed by atoms with E-state index in [4.69, 9.17) is 35.0 Å². The maximum absolute atomic E-state index is 11.7. The van der Waals surface area contributed by atoms with Gasteiger partial charge in [0.1, 0.15) is 50.7 Å². The van der Waals surface area contributed by atoms with Crippen LogP contribution in [0, 0.1) is 0 Å². The number of aliphatic hydroxyl groups excluding tert-OH is 5. The smallest absolute Gasteiger partial charge is 0.305 e. The van der Waals surface area contributed by atoms with E-state index in [0.717, 1.165) is 38.8 Å². The van der Waals surface area contributed by atoms with Crippen molar-refractivity contribution in [2.75, 3.05) is 47.0 Å². The van der Waals surface area contributed by atoms with Crippen LogP contribution in [0.1, 0.15) is 90.9 Å². The molecule has 0 saturated carbocycles. The van der Waals surface area contributed by atoms with Crippen molar-refractivity contribution >= 4 is 17.9 Å². The summed E-state index contributed by atoms with van der Waals surface area (Å²) in [5.41, 5.74) is 0. The standard InChI is InChI=1S/C22H44NO4.C6H12O7/c1-5-7-9-11-13-15-21(24)26-19-17-23(3,4)18-20-27-22(25)16-14-12-10-8-6-2;7-1-2(8)3(9)4(10)5(11)6(12)13/h5-20H2,1-4H3;2-5,7-11H,1H2,(H,12,13)/q+1;/p-1/t;2-,3-,4+,5-/m.1/s1. The summed E-state index contributed by atoms with van der Waals surface area (Å²) in [4.78, 5) is 33.4. The predicted octanol–water partition coefficient (Wildman–Crippen LogP) is 0.0424. The molecule has 0 rings (SSSR count). The second-order valence-electron chi connectivity index (χ2n) is 10.6. The van der Waals surface area contributed by atoms with E-state index >= 15 is 0 Å². The molecule has 0 aromatic carbocycles. The molecule has 40 heavy (non-hydrogen) atoms. The molecule has 0 aliphatic heterocycles. The van der Waals surface area contributed by atoms with Crippen LogP contribution in [-0.4, -0.2) is 119 Å². The number of carbonyl (C=O) groups is 3. The number of carbonyl (C=O) groups excluding carboxylic acids is 3. The van der Waals surface area contributed by atoms with Gasteiger partial charge in [-0.05, 0) is 12.8 Å². The number of unbranched alkanes of at least 4 members (excludes halogenated alkanes) is 8. The van der Waals surface area contributed by atoms with E-state index in [1.54, 1.807) is 0 Å². The van der Waals surface area contributed by atoms with Crippen LogP contribution in [0.4, 0.5) is 0 Å². The van der Waals surface area contributed by atoms with E-state index in [1.807, 2.05) is 0 Å². The molecule has 0 amide bonds. The molecule has 0 fully saturated rings. The van der Waals surface area contributed by atoms with Crippen molar-refractivity contribution in [2.45, 2.75) is 115 Å². The van der Waals surface area contributed by atoms with Crippen LogP contribution < -0.4 is 5.11 Å². The second-order valence-corrected chi connectivity index (χ2v) is 10.6. The molecule has 5 N–H and O–H groups in total. The average molecular weight is 582 g/mol. The summed E-state index contributed by atoms with van der Waals surface area (Å²) in [6.45, 7) is 5.82. The minimum absolute atomic E-state index is 0.0963. The van der Waals surface area contributed by atoms with Crippen LogP contribution in [0.15, 0.2) is 0 Å². The van der Waals surface area contributed by atoms with Crippen molar-refractivity contribution in [3.05, 3.63) is 0 Å². The van der Waals surface area contributed by atoms with Crippen LogP contribution >= 0.6 is 0 Å². The number of ether oxygens (including phenoxy) is 2. The molecule has 0 aliphatic carbocycles. The maximum atomic E-state index is 11.7. The first-order valence-corrected chi connectivity index (χ1v) is 14.5. The average Bonchev–Trinajstić information content (AvgIpc) is 2.91. The van der Waals surface area contributed by atoms with Gasteiger partial charge in [0.15, 0.2) is 0 Å². The van der Waals surface area contributed by atoms with Crippen LogP contribution in [0.2, 0.25) is 0 Å². The van der Waals surface area contributed by atoms with Crippen LogP contribution in [0.25, 0.3) is 0 Å². The summed E-state index contributed by atoms with van der Waals surface area (Å²) in [7, 11) is 4.13. The van der Waals surface area contributed by atoms with Crippen molar-refractivity contribution in [3.63, 3.8) is 0 Å². The molecule has 0 aliphatic rings. The van der Waals surface area contributed by atoms with Gasteiger partial charge in [0, 0.05) is 12.8 Å². The summed E-state index contributed by atoms with van der Waals surface area (Å²) >= 11 is 0. The van der Waals surface area contributed by atoms with Gasteiger partial charge >= 0.3 is 11.9 Å². The molecule has 12 nitrogen and oxygen atoms in total. The van der Waals surface area contributed by atoms with Gasteiger partial charge in [-0.2, -0.15) is 0 Å². The lowest BCUT2D eigenvalue weighted by molar-refractivity contribution is -0.890. The highest BCUT2D eigenvalue weighted by Crippen LogP contribution is 2.08. The second kappa shape index (κ2) is 24.9. The summed E-state index contributed by atoms with van der Waals surface area (Å²) in [5, 5.41) is 53.4. The molecule has 238 valence electrons. The third-order valence-electron chi connectivity index (χ3n) is 6.38. The van der Waals surface area contributed by atoms with Gasteiger partial charge in [0.25, 0.3) is 0 Å². The monoisotopic (exact) mass is 581 g/mol. The zero-order chi connectivity index (χ0) is 31.0. The highest BCUT2D eigenvalue weighted by molar-refractivity contribution is 5.70. The third kappa shape index (κ3) is 22.9. The lowest BCUT2D eigenvalue weighted by Crippen LogP contribution is -2.52. The molecule has 0 heterocycles. The Hall–Kier alpha value is -1.83. The first-order valence-electron chi connectivity index (χ1n) is 14.5. The van der Waals surface area contributed by atoms with Gasteiger partial charge < -0.3 is 49.4 Å². The largest absolute Gasteiger partial charge is 0.547 e. The number of nitrogens with zero attached hydrogens (tertiary/aromatic N) is 1. The molecule has 0 radical (unpaired) electrons. The SMILES string of the molecule is CCCCCCCC(=O)OCC[N+](C)(C)CCOC(=O)CCCCCCC.O=C([O-])[C@H](O)[C@@H](O)[C@H](O)[C@H](O)CO. The Labute approximate surface area is 239 Å². The molecular formula is C28H55NO11. The maximum Gasteiger partial charge on any atom is 0.305 e. The fourth-order valence-electron chi connectivity index (χ4n) is 3.48. The number of carboxylic acid groups (broad SMARTS) is 1. The molecule has 4 atom stereocenters. The first kappa shape index (κ1) is 40.3. The first-order chi connectivity index (χ1) is 18.8. The van der Waals surface area contributed by atoms with Crippen LogP contribution in [-0.2, 0) is 23.9 Å². The van der Waals surface area contributed by atoms with Gasteiger partial charge in [-0.3, -0.25) is 9.59 Å². The zero-order valence-corrected chi connectivity index (χ0v) is 25.0. The Kier molecular flexibility index (Phi) is 25.1. The van der Waals surface area contributed by atoms with Crippen LogP contribution in [0.5, 0.6) is 0 Å². The van der Waals surface area contributed by atoms with E-state index in [9.17, 15) is 19.5 Å². The molecule has 0 spiro atoms. The summed E-state index contributed by atoms with van der Waals surface area (Å²) in [6, 6.07) is 0. The number of hydrogen-bond acceptors (Lipinski definition) is 11. The summed E-state index contributed by atoms with van der Waals surface area (Å²) in [6.07, 6.45) is 4.33. The van der Waals surface area contributed by atoms with E-state index < -0.39 is 37.0 Å². The number of aliphatic carboxylic acids is 1. The molecule has 0 bridgehead atoms. The van der Waals surface area contributed by atoms with E-state index in [0.29, 0.717) is 30.5 Å². The fraction of sp³-hybridized carbons (Fsp3) is 0.893. The molecule has 12 heteroatoms. The lowest BCUT2D eigenvalue weighted by atomic mass is 10.0. The third-order valence-corrected chi connectivity index (χ3v) is 6.38. The Bertz CT molecular complexity index is 626. The minimum Gasteiger partial charge on any atom is -0.547 e. The van der Waals surface area contributed by atoms with Crippen LogP contribution in [0.3, 0.4) is 0 Å². The molecule has 0 aromatic rings. The fourth-order valence-corrected chi connectivity index (χ4v) is 3.48. The normalized spacial score (nSPS) is 14.3. The Morgan fingerprint density at radius 1 is 0.700 bits per heavy atom.